The summed E-state index contributed by atoms with van der Waals surface area (Å²) in [7, 11) is 12.1. The van der Waals surface area contributed by atoms with E-state index in [-0.39, 0.29) is 6.99 Å². The van der Waals surface area contributed by atoms with Gasteiger partial charge in [-0.15, -0.1) is 26.8 Å². The molecule has 0 saturated carbocycles. The number of carbonyl (C=O) groups is 1. The van der Waals surface area contributed by atoms with Crippen molar-refractivity contribution in [1.82, 2.24) is 0 Å². The van der Waals surface area contributed by atoms with Crippen molar-refractivity contribution < 1.29 is 14.3 Å². The summed E-state index contributed by atoms with van der Waals surface area (Å²) in [5.74, 6) is 0.215. The first kappa shape index (κ1) is 31.8. The molecule has 180 valence electrons. The standard InChI is InChI=1S/C14H10BrClO2.C8H6BrNO.H7P5/c1-18-14(17)10-5-6-12(13(16)8-10)9-3-2-4-11(15)7-9;1-10-8-6(9)4-3-5-7(8)11-2;1-4-5(2)3/h2-8H,1H3;3-5H,2H3;4H,1-3H2. The van der Waals surface area contributed by atoms with Gasteiger partial charge in [0.15, 0.2) is 0 Å². The normalized spacial score (nSPS) is 10.0. The summed E-state index contributed by atoms with van der Waals surface area (Å²) >= 11 is 12.9. The van der Waals surface area contributed by atoms with Crippen LogP contribution in [0.2, 0.25) is 5.02 Å². The molecule has 0 fully saturated rings. The second kappa shape index (κ2) is 17.3. The van der Waals surface area contributed by atoms with Crippen molar-refractivity contribution in [3.8, 4) is 16.9 Å². The molecule has 0 bridgehead atoms. The fourth-order valence-corrected chi connectivity index (χ4v) is 3.54. The van der Waals surface area contributed by atoms with E-state index < -0.39 is 5.97 Å². The van der Waals surface area contributed by atoms with E-state index in [2.05, 4.69) is 68.2 Å². The minimum absolute atomic E-state index is 0.226. The van der Waals surface area contributed by atoms with Crippen LogP contribution in [0.3, 0.4) is 0 Å². The average Bonchev–Trinajstić information content (AvgIpc) is 2.83. The van der Waals surface area contributed by atoms with Crippen molar-refractivity contribution in [2.45, 2.75) is 0 Å². The maximum Gasteiger partial charge on any atom is 0.337 e. The van der Waals surface area contributed by atoms with Crippen molar-refractivity contribution in [3.63, 3.8) is 0 Å². The topological polar surface area (TPSA) is 39.9 Å². The van der Waals surface area contributed by atoms with Gasteiger partial charge >= 0.3 is 5.97 Å². The Morgan fingerprint density at radius 2 is 1.74 bits per heavy atom. The van der Waals surface area contributed by atoms with Crippen LogP contribution in [0.4, 0.5) is 5.69 Å². The SMILES string of the molecule is COC(=O)c1ccc(-c2cccc(Br)c2)c(Cl)c1.PPP(P)P.[C-]#[N+]c1c(Br)cccc1OC. The van der Waals surface area contributed by atoms with E-state index in [4.69, 9.17) is 22.9 Å². The van der Waals surface area contributed by atoms with Crippen LogP contribution in [-0.2, 0) is 4.74 Å². The number of hydrogen-bond acceptors (Lipinski definition) is 3. The smallest absolute Gasteiger partial charge is 0.337 e. The summed E-state index contributed by atoms with van der Waals surface area (Å²) in [5.41, 5.74) is 2.84. The second-order valence-corrected chi connectivity index (χ2v) is 22.3. The Kier molecular flexibility index (Phi) is 16.2. The van der Waals surface area contributed by atoms with Gasteiger partial charge in [-0.2, -0.15) is 0 Å². The molecule has 0 aliphatic carbocycles. The monoisotopic (exact) mass is 697 g/mol. The van der Waals surface area contributed by atoms with Gasteiger partial charge in [0.1, 0.15) is 5.75 Å². The molecule has 0 heterocycles. The molecule has 3 rings (SSSR count). The van der Waals surface area contributed by atoms with E-state index in [1.807, 2.05) is 42.5 Å². The lowest BCUT2D eigenvalue weighted by Crippen LogP contribution is -2.00. The van der Waals surface area contributed by atoms with Crippen LogP contribution in [0.25, 0.3) is 16.0 Å². The zero-order valence-corrected chi connectivity index (χ0v) is 27.5. The molecule has 3 aromatic carbocycles. The lowest BCUT2D eigenvalue weighted by molar-refractivity contribution is 0.0600. The van der Waals surface area contributed by atoms with Crippen LogP contribution in [0.5, 0.6) is 5.75 Å². The molecule has 0 N–H and O–H groups in total. The van der Waals surface area contributed by atoms with Gasteiger partial charge in [0.2, 0.25) is 5.69 Å². The largest absolute Gasteiger partial charge is 0.508 e. The predicted molar refractivity (Wildman–Crippen MR) is 167 cm³/mol. The fourth-order valence-electron chi connectivity index (χ4n) is 2.42. The molecule has 0 aliphatic rings. The molecule has 4 atom stereocenters. The van der Waals surface area contributed by atoms with Crippen molar-refractivity contribution in [3.05, 3.63) is 91.6 Å². The van der Waals surface area contributed by atoms with E-state index in [9.17, 15) is 4.79 Å². The quantitative estimate of drug-likeness (QED) is 0.155. The van der Waals surface area contributed by atoms with Crippen molar-refractivity contribution >= 4 is 96.8 Å². The van der Waals surface area contributed by atoms with Crippen LogP contribution < -0.4 is 4.74 Å². The number of benzene rings is 3. The van der Waals surface area contributed by atoms with Gasteiger partial charge in [-0.3, -0.25) is 0 Å². The molecule has 0 saturated heterocycles. The van der Waals surface area contributed by atoms with Crippen LogP contribution in [0.1, 0.15) is 10.4 Å². The van der Waals surface area contributed by atoms with Gasteiger partial charge < -0.3 is 9.47 Å². The number of para-hydroxylation sites is 1. The Labute approximate surface area is 232 Å². The van der Waals surface area contributed by atoms with Crippen LogP contribution in [0.15, 0.2) is 69.6 Å². The third-order valence-electron chi connectivity index (χ3n) is 3.96. The molecule has 0 aliphatic heterocycles. The van der Waals surface area contributed by atoms with Crippen LogP contribution in [-0.4, -0.2) is 20.2 Å². The first-order valence-corrected chi connectivity index (χ1v) is 19.5. The minimum Gasteiger partial charge on any atom is -0.508 e. The number of halogens is 3. The van der Waals surface area contributed by atoms with Gasteiger partial charge in [0, 0.05) is 19.5 Å². The molecule has 12 heteroatoms. The molecule has 0 amide bonds. The molecule has 4 unspecified atom stereocenters. The lowest BCUT2D eigenvalue weighted by atomic mass is 10.0. The number of hydrogen-bond donors (Lipinski definition) is 0. The number of nitrogens with zero attached hydrogens (tertiary/aromatic N) is 1. The highest BCUT2D eigenvalue weighted by atomic mass is 79.9. The molecule has 0 radical (unpaired) electrons. The molecule has 0 spiro atoms. The van der Waals surface area contributed by atoms with E-state index in [1.54, 1.807) is 25.3 Å². The lowest BCUT2D eigenvalue weighted by Gasteiger charge is -2.07. The van der Waals surface area contributed by atoms with Gasteiger partial charge in [-0.05, 0) is 42.9 Å². The third kappa shape index (κ3) is 10.8. The van der Waals surface area contributed by atoms with Gasteiger partial charge in [0.05, 0.1) is 26.4 Å². The van der Waals surface area contributed by atoms with Crippen molar-refractivity contribution in [2.24, 2.45) is 0 Å². The van der Waals surface area contributed by atoms with E-state index in [1.165, 1.54) is 7.11 Å². The summed E-state index contributed by atoms with van der Waals surface area (Å²) in [5, 5.41) is 0.524. The first-order chi connectivity index (χ1) is 16.2. The Balaban J connectivity index is 0.000000307. The summed E-state index contributed by atoms with van der Waals surface area (Å²) in [4.78, 5) is 14.7. The van der Waals surface area contributed by atoms with Crippen LogP contribution >= 0.6 is 85.2 Å². The number of ether oxygens (including phenoxy) is 2. The third-order valence-corrected chi connectivity index (χ3v) is 17.3. The van der Waals surface area contributed by atoms with Crippen LogP contribution in [0, 0.1) is 6.57 Å². The van der Waals surface area contributed by atoms with Crippen molar-refractivity contribution in [1.29, 1.82) is 0 Å². The highest BCUT2D eigenvalue weighted by molar-refractivity contribution is 9.10. The number of methoxy groups -OCH3 is 2. The molecule has 0 aromatic heterocycles. The zero-order chi connectivity index (χ0) is 25.7. The number of esters is 1. The Morgan fingerprint density at radius 1 is 1.09 bits per heavy atom. The van der Waals surface area contributed by atoms with E-state index >= 15 is 0 Å². The van der Waals surface area contributed by atoms with E-state index in [0.717, 1.165) is 28.0 Å². The first-order valence-electron chi connectivity index (χ1n) is 9.28. The Morgan fingerprint density at radius 3 is 2.21 bits per heavy atom. The Hall–Kier alpha value is -0.180. The van der Waals surface area contributed by atoms with Gasteiger partial charge in [-0.25, -0.2) is 9.64 Å². The highest BCUT2D eigenvalue weighted by Gasteiger charge is 2.10. The van der Waals surface area contributed by atoms with Crippen molar-refractivity contribution in [2.75, 3.05) is 14.2 Å². The number of rotatable bonds is 4. The predicted octanol–water partition coefficient (Wildman–Crippen LogP) is 10.00. The van der Waals surface area contributed by atoms with Gasteiger partial charge in [-0.1, -0.05) is 81.8 Å². The second-order valence-electron chi connectivity index (χ2n) is 6.14. The average molecular weight is 700 g/mol. The van der Waals surface area contributed by atoms with Gasteiger partial charge in [0.25, 0.3) is 0 Å². The summed E-state index contributed by atoms with van der Waals surface area (Å²) in [6, 6.07) is 18.4. The zero-order valence-electron chi connectivity index (χ0n) is 18.3. The molecule has 4 nitrogen and oxygen atoms in total. The van der Waals surface area contributed by atoms with E-state index in [0.29, 0.717) is 22.0 Å². The molecular weight excluding hydrogens is 676 g/mol. The molecular formula is C22H23Br2ClNO3P5. The minimum atomic E-state index is -0.391. The Bertz CT molecular complexity index is 1150. The maximum absolute atomic E-state index is 11.4. The molecule has 34 heavy (non-hydrogen) atoms. The summed E-state index contributed by atoms with van der Waals surface area (Å²) < 4.78 is 11.4. The highest BCUT2D eigenvalue weighted by Crippen LogP contribution is 2.71. The molecule has 3 aromatic rings. The summed E-state index contributed by atoms with van der Waals surface area (Å²) in [6.45, 7) is 7.07. The summed E-state index contributed by atoms with van der Waals surface area (Å²) in [6.07, 6.45) is 0. The fraction of sp³-hybridized carbons (Fsp3) is 0.0909. The number of carbonyl (C=O) groups excluding carboxylic acids is 1. The maximum atomic E-state index is 11.4.